The van der Waals surface area contributed by atoms with Crippen molar-refractivity contribution in [2.45, 2.75) is 230 Å². The number of hydrogen-bond donors (Lipinski definition) is 6. The van der Waals surface area contributed by atoms with Crippen molar-refractivity contribution >= 4 is 19.5 Å². The smallest absolute Gasteiger partial charge is 0.328 e. The topological polar surface area (TPSA) is 200 Å². The van der Waals surface area contributed by atoms with E-state index in [1.165, 1.54) is 116 Å². The Morgan fingerprint density at radius 2 is 0.818 bits per heavy atom. The van der Waals surface area contributed by atoms with E-state index in [0.717, 1.165) is 38.5 Å². The van der Waals surface area contributed by atoms with Gasteiger partial charge in [0.2, 0.25) is 0 Å². The minimum Gasteiger partial charge on any atom is -0.462 e. The van der Waals surface area contributed by atoms with E-state index in [1.807, 2.05) is 0 Å². The van der Waals surface area contributed by atoms with Gasteiger partial charge in [0.15, 0.2) is 6.10 Å². The number of carbonyl (C=O) groups is 2. The zero-order chi connectivity index (χ0) is 40.7. The highest BCUT2D eigenvalue weighted by Gasteiger charge is 2.50. The maximum absolute atomic E-state index is 13.0. The van der Waals surface area contributed by atoms with Crippen LogP contribution in [0.1, 0.15) is 194 Å². The van der Waals surface area contributed by atoms with E-state index >= 15 is 0 Å². The van der Waals surface area contributed by atoms with Gasteiger partial charge in [-0.25, -0.2) is 0 Å². The molecule has 13 heteroatoms. The first kappa shape index (κ1) is 51.9. The van der Waals surface area contributed by atoms with Crippen LogP contribution in [-0.4, -0.2) is 98.4 Å². The summed E-state index contributed by atoms with van der Waals surface area (Å²) in [6, 6.07) is 0. The van der Waals surface area contributed by atoms with E-state index in [-0.39, 0.29) is 19.4 Å². The lowest BCUT2D eigenvalue weighted by Gasteiger charge is -2.42. The zero-order valence-corrected chi connectivity index (χ0v) is 35.4. The molecule has 0 bridgehead atoms. The third-order valence-corrected chi connectivity index (χ3v) is 12.3. The van der Waals surface area contributed by atoms with Gasteiger partial charge in [-0.05, 0) is 12.8 Å². The van der Waals surface area contributed by atoms with E-state index in [4.69, 9.17) is 14.0 Å². The van der Waals surface area contributed by atoms with Gasteiger partial charge in [0.25, 0.3) is 0 Å². The molecule has 0 aromatic carbocycles. The van der Waals surface area contributed by atoms with Gasteiger partial charge in [0.1, 0.15) is 24.9 Å². The fourth-order valence-electron chi connectivity index (χ4n) is 7.24. The molecule has 0 aromatic rings. The van der Waals surface area contributed by atoms with Crippen LogP contribution in [0.3, 0.4) is 0 Å². The first-order chi connectivity index (χ1) is 26.4. The van der Waals surface area contributed by atoms with Crippen LogP contribution in [0, 0.1) is 5.92 Å². The second-order valence-corrected chi connectivity index (χ2v) is 17.9. The number of unbranched alkanes of at least 4 members (excludes halogenated alkanes) is 24. The predicted octanol–water partition coefficient (Wildman–Crippen LogP) is 8.04. The Morgan fingerprint density at radius 3 is 1.20 bits per heavy atom. The molecule has 55 heavy (non-hydrogen) atoms. The fraction of sp³-hybridized carbons (Fsp3) is 0.952. The van der Waals surface area contributed by atoms with Crippen molar-refractivity contribution in [3.8, 4) is 0 Å². The quantitative estimate of drug-likeness (QED) is 0.0203. The van der Waals surface area contributed by atoms with Crippen LogP contribution in [0.2, 0.25) is 0 Å². The SMILES string of the molecule is CCCCCCCCCCCCCCCC(=O)OC[C@@H](COP(=O)(O)CC1[C@H](O)[C@H](O)C(O)[C@H](O)[C@H]1O)OC(=O)CCCCCCCCCCCCCCC. The molecule has 0 spiro atoms. The molecule has 0 saturated heterocycles. The molecule has 0 aliphatic heterocycles. The van der Waals surface area contributed by atoms with Crippen molar-refractivity contribution < 1.29 is 58.6 Å². The van der Waals surface area contributed by atoms with E-state index in [1.54, 1.807) is 0 Å². The minimum absolute atomic E-state index is 0.135. The Bertz CT molecular complexity index is 984. The molecule has 8 atom stereocenters. The molecular weight excluding hydrogens is 727 g/mol. The standard InChI is InChI=1S/C42H81O12P/c1-3-5-7-9-11-13-15-17-19-21-23-25-27-29-36(43)52-31-34(32-53-55(50,51)33-35-38(45)40(47)42(49)41(48)39(35)46)54-37(44)30-28-26-24-22-20-18-16-14-12-10-8-6-4-2/h34-35,38-42,45-49H,3-33H2,1-2H3,(H,50,51)/t34-,35?,38-,39-,40-,41+,42?/m0/s1. The molecule has 1 rings (SSSR count). The largest absolute Gasteiger partial charge is 0.462 e. The highest BCUT2D eigenvalue weighted by molar-refractivity contribution is 7.52. The number of ether oxygens (including phenoxy) is 2. The Labute approximate surface area is 333 Å². The lowest BCUT2D eigenvalue weighted by Crippen LogP contribution is -2.61. The summed E-state index contributed by atoms with van der Waals surface area (Å²) >= 11 is 0. The summed E-state index contributed by atoms with van der Waals surface area (Å²) in [4.78, 5) is 35.8. The number of carbonyl (C=O) groups excluding carboxylic acids is 2. The Morgan fingerprint density at radius 1 is 0.491 bits per heavy atom. The lowest BCUT2D eigenvalue weighted by atomic mass is 9.79. The van der Waals surface area contributed by atoms with Crippen LogP contribution in [0.15, 0.2) is 0 Å². The summed E-state index contributed by atoms with van der Waals surface area (Å²) in [6.07, 6.45) is 19.7. The molecule has 6 N–H and O–H groups in total. The molecule has 0 heterocycles. The van der Waals surface area contributed by atoms with Gasteiger partial charge >= 0.3 is 19.5 Å². The molecule has 3 unspecified atom stereocenters. The summed E-state index contributed by atoms with van der Waals surface area (Å²) in [5.41, 5.74) is 0. The molecule has 0 amide bonds. The van der Waals surface area contributed by atoms with Crippen molar-refractivity contribution in [2.24, 2.45) is 5.92 Å². The van der Waals surface area contributed by atoms with Crippen LogP contribution in [0.5, 0.6) is 0 Å². The van der Waals surface area contributed by atoms with Gasteiger partial charge in [-0.3, -0.25) is 14.2 Å². The van der Waals surface area contributed by atoms with Crippen molar-refractivity contribution in [3.63, 3.8) is 0 Å². The summed E-state index contributed by atoms with van der Waals surface area (Å²) < 4.78 is 29.1. The predicted molar refractivity (Wildman–Crippen MR) is 216 cm³/mol. The Balaban J connectivity index is 2.48. The van der Waals surface area contributed by atoms with Crippen LogP contribution in [-0.2, 0) is 28.2 Å². The molecule has 326 valence electrons. The van der Waals surface area contributed by atoms with Gasteiger partial charge < -0.3 is 44.4 Å². The minimum atomic E-state index is -4.60. The van der Waals surface area contributed by atoms with Gasteiger partial charge in [-0.1, -0.05) is 168 Å². The average Bonchev–Trinajstić information content (AvgIpc) is 3.16. The van der Waals surface area contributed by atoms with Crippen LogP contribution >= 0.6 is 7.60 Å². The number of esters is 2. The van der Waals surface area contributed by atoms with Crippen molar-refractivity contribution in [3.05, 3.63) is 0 Å². The van der Waals surface area contributed by atoms with Crippen molar-refractivity contribution in [1.82, 2.24) is 0 Å². The van der Waals surface area contributed by atoms with Crippen LogP contribution in [0.25, 0.3) is 0 Å². The zero-order valence-electron chi connectivity index (χ0n) is 34.5. The van der Waals surface area contributed by atoms with Crippen molar-refractivity contribution in [2.75, 3.05) is 19.4 Å². The summed E-state index contributed by atoms with van der Waals surface area (Å²) in [6.45, 7) is 3.48. The number of hydrogen-bond acceptors (Lipinski definition) is 11. The summed E-state index contributed by atoms with van der Waals surface area (Å²) in [7, 11) is -4.60. The van der Waals surface area contributed by atoms with E-state index < -0.39 is 74.8 Å². The molecule has 1 saturated carbocycles. The normalized spacial score (nSPS) is 23.0. The highest BCUT2D eigenvalue weighted by atomic mass is 31.2. The maximum Gasteiger partial charge on any atom is 0.328 e. The summed E-state index contributed by atoms with van der Waals surface area (Å²) in [5.74, 6) is -2.50. The van der Waals surface area contributed by atoms with Gasteiger partial charge in [0.05, 0.1) is 25.0 Å². The highest BCUT2D eigenvalue weighted by Crippen LogP contribution is 2.47. The van der Waals surface area contributed by atoms with E-state index in [9.17, 15) is 44.6 Å². The first-order valence-electron chi connectivity index (χ1n) is 22.1. The Kier molecular flexibility index (Phi) is 31.0. The van der Waals surface area contributed by atoms with Gasteiger partial charge in [0, 0.05) is 18.8 Å². The van der Waals surface area contributed by atoms with Crippen LogP contribution in [0.4, 0.5) is 0 Å². The van der Waals surface area contributed by atoms with E-state index in [0.29, 0.717) is 12.8 Å². The third kappa shape index (κ3) is 25.8. The number of aliphatic hydroxyl groups excluding tert-OH is 5. The van der Waals surface area contributed by atoms with E-state index in [2.05, 4.69) is 13.8 Å². The first-order valence-corrected chi connectivity index (χ1v) is 23.9. The second kappa shape index (κ2) is 32.8. The summed E-state index contributed by atoms with van der Waals surface area (Å²) in [5, 5.41) is 50.5. The maximum atomic E-state index is 13.0. The molecule has 12 nitrogen and oxygen atoms in total. The van der Waals surface area contributed by atoms with Crippen molar-refractivity contribution in [1.29, 1.82) is 0 Å². The number of rotatable bonds is 36. The Hall–Kier alpha value is -1.11. The van der Waals surface area contributed by atoms with Gasteiger partial charge in [-0.2, -0.15) is 0 Å². The number of aliphatic hydroxyl groups is 5. The van der Waals surface area contributed by atoms with Crippen LogP contribution < -0.4 is 0 Å². The molecule has 1 aliphatic rings. The van der Waals surface area contributed by atoms with Gasteiger partial charge in [-0.15, -0.1) is 0 Å². The average molecular weight is 809 g/mol. The second-order valence-electron chi connectivity index (χ2n) is 16.0. The molecule has 0 radical (unpaired) electrons. The lowest BCUT2D eigenvalue weighted by molar-refractivity contribution is -0.199. The molecule has 1 fully saturated rings. The molecule has 1 aliphatic carbocycles. The molecular formula is C42H81O12P. The monoisotopic (exact) mass is 809 g/mol. The third-order valence-electron chi connectivity index (χ3n) is 10.9. The fourth-order valence-corrected chi connectivity index (χ4v) is 8.71. The molecule has 0 aromatic heterocycles.